The highest BCUT2D eigenvalue weighted by Crippen LogP contribution is 2.19. The maximum atomic E-state index is 12.2. The molecule has 1 saturated heterocycles. The molecule has 1 heterocycles. The van der Waals surface area contributed by atoms with Gasteiger partial charge in [0.15, 0.2) is 5.78 Å². The Hall–Kier alpha value is -1.15. The zero-order valence-corrected chi connectivity index (χ0v) is 11.0. The van der Waals surface area contributed by atoms with Crippen LogP contribution in [0.4, 0.5) is 0 Å². The molecule has 92 valence electrons. The van der Waals surface area contributed by atoms with Crippen molar-refractivity contribution in [3.63, 3.8) is 0 Å². The molecule has 2 rings (SSSR count). The number of ketones is 1. The molecule has 0 amide bonds. The summed E-state index contributed by atoms with van der Waals surface area (Å²) < 4.78 is 0. The first-order valence-electron chi connectivity index (χ1n) is 6.42. The van der Waals surface area contributed by atoms with Crippen molar-refractivity contribution < 1.29 is 4.79 Å². The van der Waals surface area contributed by atoms with E-state index in [1.54, 1.807) is 0 Å². The zero-order chi connectivity index (χ0) is 12.4. The third-order valence-corrected chi connectivity index (χ3v) is 3.74. The predicted molar refractivity (Wildman–Crippen MR) is 70.6 cm³/mol. The summed E-state index contributed by atoms with van der Waals surface area (Å²) in [6.45, 7) is 7.25. The van der Waals surface area contributed by atoms with Gasteiger partial charge in [0.1, 0.15) is 0 Å². The quantitative estimate of drug-likeness (QED) is 0.810. The lowest BCUT2D eigenvalue weighted by Crippen LogP contribution is -2.24. The second-order valence-electron chi connectivity index (χ2n) is 5.17. The van der Waals surface area contributed by atoms with Crippen molar-refractivity contribution in [2.24, 2.45) is 0 Å². The van der Waals surface area contributed by atoms with Gasteiger partial charge in [-0.2, -0.15) is 0 Å². The summed E-state index contributed by atoms with van der Waals surface area (Å²) in [5.41, 5.74) is 4.48. The fourth-order valence-electron chi connectivity index (χ4n) is 2.53. The molecule has 1 N–H and O–H groups in total. The first-order valence-corrected chi connectivity index (χ1v) is 6.42. The number of benzene rings is 1. The Labute approximate surface area is 103 Å². The number of nitrogens with one attached hydrogen (secondary N) is 1. The summed E-state index contributed by atoms with van der Waals surface area (Å²) in [6, 6.07) is 4.55. The van der Waals surface area contributed by atoms with Crippen LogP contribution in [-0.2, 0) is 0 Å². The summed E-state index contributed by atoms with van der Waals surface area (Å²) in [4.78, 5) is 12.2. The minimum atomic E-state index is 0.282. The fourth-order valence-corrected chi connectivity index (χ4v) is 2.53. The van der Waals surface area contributed by atoms with E-state index in [9.17, 15) is 4.79 Å². The molecule has 2 nitrogen and oxygen atoms in total. The third kappa shape index (κ3) is 2.75. The molecule has 1 unspecified atom stereocenters. The van der Waals surface area contributed by atoms with Crippen molar-refractivity contribution in [1.82, 2.24) is 5.32 Å². The van der Waals surface area contributed by atoms with Crippen molar-refractivity contribution in [2.75, 3.05) is 6.54 Å². The van der Waals surface area contributed by atoms with E-state index in [1.807, 2.05) is 13.0 Å². The smallest absolute Gasteiger partial charge is 0.164 e. The van der Waals surface area contributed by atoms with Crippen molar-refractivity contribution in [3.8, 4) is 0 Å². The van der Waals surface area contributed by atoms with Gasteiger partial charge < -0.3 is 5.32 Å². The lowest BCUT2D eigenvalue weighted by molar-refractivity contribution is 0.0971. The summed E-state index contributed by atoms with van der Waals surface area (Å²) >= 11 is 0. The van der Waals surface area contributed by atoms with Gasteiger partial charge in [-0.3, -0.25) is 4.79 Å². The first kappa shape index (κ1) is 12.3. The minimum absolute atomic E-state index is 0.282. The molecular weight excluding hydrogens is 210 g/mol. The summed E-state index contributed by atoms with van der Waals surface area (Å²) in [7, 11) is 0. The van der Waals surface area contributed by atoms with Gasteiger partial charge in [-0.1, -0.05) is 6.07 Å². The van der Waals surface area contributed by atoms with Gasteiger partial charge in [0, 0.05) is 18.0 Å². The normalized spacial score (nSPS) is 19.6. The van der Waals surface area contributed by atoms with Gasteiger partial charge in [-0.05, 0) is 62.9 Å². The highest BCUT2D eigenvalue weighted by molar-refractivity contribution is 5.98. The number of Topliss-reactive ketones (excluding diaryl/α,β-unsaturated/α-hetero) is 1. The molecule has 2 heteroatoms. The molecule has 1 aliphatic heterocycles. The molecule has 0 saturated carbocycles. The molecule has 0 radical (unpaired) electrons. The van der Waals surface area contributed by atoms with Crippen LogP contribution in [0.2, 0.25) is 0 Å². The molecule has 1 aliphatic rings. The Bertz CT molecular complexity index is 431. The van der Waals surface area contributed by atoms with E-state index in [0.29, 0.717) is 12.5 Å². The van der Waals surface area contributed by atoms with Gasteiger partial charge in [0.05, 0.1) is 0 Å². The lowest BCUT2D eigenvalue weighted by Gasteiger charge is -2.12. The molecular formula is C15H21NO. The topological polar surface area (TPSA) is 29.1 Å². The van der Waals surface area contributed by atoms with Crippen molar-refractivity contribution in [3.05, 3.63) is 34.4 Å². The molecule has 0 bridgehead atoms. The Balaban J connectivity index is 2.15. The monoisotopic (exact) mass is 231 g/mol. The van der Waals surface area contributed by atoms with Crippen LogP contribution in [-0.4, -0.2) is 18.4 Å². The maximum absolute atomic E-state index is 12.2. The van der Waals surface area contributed by atoms with Crippen molar-refractivity contribution in [1.29, 1.82) is 0 Å². The number of hydrogen-bond acceptors (Lipinski definition) is 2. The van der Waals surface area contributed by atoms with E-state index in [1.165, 1.54) is 17.5 Å². The molecule has 1 fully saturated rings. The number of aryl methyl sites for hydroxylation is 3. The molecule has 1 atom stereocenters. The van der Waals surface area contributed by atoms with Gasteiger partial charge in [0.25, 0.3) is 0 Å². The second kappa shape index (κ2) is 5.01. The van der Waals surface area contributed by atoms with Gasteiger partial charge in [0.2, 0.25) is 0 Å². The molecule has 0 aliphatic carbocycles. The molecule has 0 spiro atoms. The maximum Gasteiger partial charge on any atom is 0.164 e. The largest absolute Gasteiger partial charge is 0.314 e. The van der Waals surface area contributed by atoms with Crippen LogP contribution in [0.15, 0.2) is 12.1 Å². The molecule has 0 aromatic heterocycles. The van der Waals surface area contributed by atoms with E-state index < -0.39 is 0 Å². The third-order valence-electron chi connectivity index (χ3n) is 3.74. The summed E-state index contributed by atoms with van der Waals surface area (Å²) in [5.74, 6) is 0.282. The summed E-state index contributed by atoms with van der Waals surface area (Å²) in [5, 5.41) is 3.38. The molecule has 1 aromatic rings. The van der Waals surface area contributed by atoms with E-state index in [4.69, 9.17) is 0 Å². The average Bonchev–Trinajstić information content (AvgIpc) is 2.76. The zero-order valence-electron chi connectivity index (χ0n) is 11.0. The van der Waals surface area contributed by atoms with Crippen molar-refractivity contribution in [2.45, 2.75) is 46.1 Å². The number of carbonyl (C=O) groups is 1. The highest BCUT2D eigenvalue weighted by atomic mass is 16.1. The minimum Gasteiger partial charge on any atom is -0.314 e. The number of rotatable bonds is 3. The van der Waals surface area contributed by atoms with Crippen LogP contribution in [0.1, 0.15) is 46.3 Å². The number of carbonyl (C=O) groups excluding carboxylic acids is 1. The average molecular weight is 231 g/mol. The van der Waals surface area contributed by atoms with Crippen LogP contribution >= 0.6 is 0 Å². The first-order chi connectivity index (χ1) is 8.08. The van der Waals surface area contributed by atoms with Crippen molar-refractivity contribution >= 4 is 5.78 Å². The highest BCUT2D eigenvalue weighted by Gasteiger charge is 2.19. The van der Waals surface area contributed by atoms with Crippen LogP contribution in [0, 0.1) is 20.8 Å². The standard InChI is InChI=1S/C15H21NO/c1-10-7-12(3)14(8-11(10)2)15(17)9-13-5-4-6-16-13/h7-8,13,16H,4-6,9H2,1-3H3. The van der Waals surface area contributed by atoms with Crippen LogP contribution in [0.25, 0.3) is 0 Å². The Morgan fingerprint density at radius 1 is 1.24 bits per heavy atom. The predicted octanol–water partition coefficient (Wildman–Crippen LogP) is 2.94. The SMILES string of the molecule is Cc1cc(C)c(C(=O)CC2CCCN2)cc1C. The van der Waals surface area contributed by atoms with Crippen LogP contribution in [0.5, 0.6) is 0 Å². The van der Waals surface area contributed by atoms with Gasteiger partial charge in [-0.15, -0.1) is 0 Å². The van der Waals surface area contributed by atoms with Crippen LogP contribution in [0.3, 0.4) is 0 Å². The van der Waals surface area contributed by atoms with E-state index in [0.717, 1.165) is 24.1 Å². The Kier molecular flexibility index (Phi) is 3.63. The summed E-state index contributed by atoms with van der Waals surface area (Å²) in [6.07, 6.45) is 2.98. The molecule has 17 heavy (non-hydrogen) atoms. The lowest BCUT2D eigenvalue weighted by atomic mass is 9.95. The van der Waals surface area contributed by atoms with E-state index >= 15 is 0 Å². The fraction of sp³-hybridized carbons (Fsp3) is 0.533. The van der Waals surface area contributed by atoms with Crippen LogP contribution < -0.4 is 5.32 Å². The van der Waals surface area contributed by atoms with Gasteiger partial charge >= 0.3 is 0 Å². The van der Waals surface area contributed by atoms with E-state index in [2.05, 4.69) is 25.2 Å². The van der Waals surface area contributed by atoms with Gasteiger partial charge in [-0.25, -0.2) is 0 Å². The molecule has 1 aromatic carbocycles. The Morgan fingerprint density at radius 3 is 2.59 bits per heavy atom. The second-order valence-corrected chi connectivity index (χ2v) is 5.17. The Morgan fingerprint density at radius 2 is 1.94 bits per heavy atom. The van der Waals surface area contributed by atoms with E-state index in [-0.39, 0.29) is 5.78 Å². The number of hydrogen-bond donors (Lipinski definition) is 1.